The number of hydrogen-bond donors (Lipinski definition) is 0. The summed E-state index contributed by atoms with van der Waals surface area (Å²) in [7, 11) is 1.53. The van der Waals surface area contributed by atoms with Gasteiger partial charge >= 0.3 is 5.97 Å². The van der Waals surface area contributed by atoms with E-state index in [0.717, 1.165) is 0 Å². The summed E-state index contributed by atoms with van der Waals surface area (Å²) >= 11 is 0. The monoisotopic (exact) mass is 209 g/mol. The molecule has 0 spiro atoms. The van der Waals surface area contributed by atoms with Gasteiger partial charge in [-0.25, -0.2) is 0 Å². The number of rotatable bonds is 3. The minimum Gasteiger partial charge on any atom is -0.493 e. The predicted molar refractivity (Wildman–Crippen MR) is 56.0 cm³/mol. The van der Waals surface area contributed by atoms with Gasteiger partial charge in [-0.3, -0.25) is 9.78 Å². The molecule has 0 aromatic carbocycles. The summed E-state index contributed by atoms with van der Waals surface area (Å²) in [6, 6.07) is 1.66. The summed E-state index contributed by atoms with van der Waals surface area (Å²) in [4.78, 5) is 15.5. The van der Waals surface area contributed by atoms with E-state index in [9.17, 15) is 4.79 Å². The minimum atomic E-state index is -0.288. The van der Waals surface area contributed by atoms with Crippen molar-refractivity contribution in [2.24, 2.45) is 5.92 Å². The normalized spacial score (nSPS) is 10.2. The van der Waals surface area contributed by atoms with Gasteiger partial charge in [0.25, 0.3) is 0 Å². The van der Waals surface area contributed by atoms with E-state index in [1.54, 1.807) is 33.0 Å². The van der Waals surface area contributed by atoms with Crippen LogP contribution in [-0.2, 0) is 4.79 Å². The minimum absolute atomic E-state index is 0.172. The summed E-state index contributed by atoms with van der Waals surface area (Å²) in [5.74, 6) is 0.467. The van der Waals surface area contributed by atoms with E-state index in [-0.39, 0.29) is 11.9 Å². The van der Waals surface area contributed by atoms with E-state index in [4.69, 9.17) is 9.47 Å². The SMILES string of the molecule is COc1ccnc(C)c1OC(=O)C(C)C. The molecule has 0 unspecified atom stereocenters. The highest BCUT2D eigenvalue weighted by atomic mass is 16.6. The highest BCUT2D eigenvalue weighted by molar-refractivity contribution is 5.75. The summed E-state index contributed by atoms with van der Waals surface area (Å²) in [6.07, 6.45) is 1.61. The van der Waals surface area contributed by atoms with Gasteiger partial charge in [0.2, 0.25) is 0 Å². The fourth-order valence-corrected chi connectivity index (χ4v) is 1.03. The molecule has 4 nitrogen and oxygen atoms in total. The number of esters is 1. The molecule has 0 bridgehead atoms. The van der Waals surface area contributed by atoms with Crippen LogP contribution in [0.3, 0.4) is 0 Å². The third-order valence-corrected chi connectivity index (χ3v) is 1.94. The van der Waals surface area contributed by atoms with Crippen molar-refractivity contribution in [2.45, 2.75) is 20.8 Å². The van der Waals surface area contributed by atoms with Crippen LogP contribution in [0.2, 0.25) is 0 Å². The molecule has 0 aliphatic rings. The van der Waals surface area contributed by atoms with Gasteiger partial charge in [-0.05, 0) is 6.92 Å². The summed E-state index contributed by atoms with van der Waals surface area (Å²) in [6.45, 7) is 5.33. The molecule has 0 aliphatic heterocycles. The van der Waals surface area contributed by atoms with E-state index < -0.39 is 0 Å². The number of methoxy groups -OCH3 is 1. The van der Waals surface area contributed by atoms with Crippen molar-refractivity contribution in [1.29, 1.82) is 0 Å². The quantitative estimate of drug-likeness (QED) is 0.714. The molecule has 0 fully saturated rings. The molecule has 0 saturated heterocycles. The Labute approximate surface area is 89.2 Å². The van der Waals surface area contributed by atoms with Gasteiger partial charge in [-0.1, -0.05) is 13.8 Å². The zero-order valence-corrected chi connectivity index (χ0v) is 9.40. The number of carbonyl (C=O) groups is 1. The van der Waals surface area contributed by atoms with Crippen LogP contribution in [0.25, 0.3) is 0 Å². The van der Waals surface area contributed by atoms with Crippen molar-refractivity contribution in [1.82, 2.24) is 4.98 Å². The lowest BCUT2D eigenvalue weighted by molar-refractivity contribution is -0.137. The molecule has 0 amide bonds. The average Bonchev–Trinajstić information content (AvgIpc) is 2.20. The largest absolute Gasteiger partial charge is 0.493 e. The maximum atomic E-state index is 11.4. The molecule has 1 rings (SSSR count). The van der Waals surface area contributed by atoms with E-state index >= 15 is 0 Å². The third kappa shape index (κ3) is 2.68. The highest BCUT2D eigenvalue weighted by Crippen LogP contribution is 2.29. The molecule has 0 saturated carbocycles. The number of hydrogen-bond acceptors (Lipinski definition) is 4. The van der Waals surface area contributed by atoms with Crippen molar-refractivity contribution in [3.05, 3.63) is 18.0 Å². The first-order valence-corrected chi connectivity index (χ1v) is 4.77. The summed E-state index contributed by atoms with van der Waals surface area (Å²) < 4.78 is 10.3. The van der Waals surface area contributed by atoms with Gasteiger partial charge in [0.05, 0.1) is 18.7 Å². The lowest BCUT2D eigenvalue weighted by Crippen LogP contribution is -2.16. The topological polar surface area (TPSA) is 48.4 Å². The third-order valence-electron chi connectivity index (χ3n) is 1.94. The van der Waals surface area contributed by atoms with Crippen LogP contribution in [0.5, 0.6) is 11.5 Å². The molecule has 1 aromatic heterocycles. The second kappa shape index (κ2) is 4.77. The second-order valence-corrected chi connectivity index (χ2v) is 3.50. The predicted octanol–water partition coefficient (Wildman–Crippen LogP) is 1.96. The van der Waals surface area contributed by atoms with Crippen molar-refractivity contribution >= 4 is 5.97 Å². The molecule has 1 aromatic rings. The van der Waals surface area contributed by atoms with Crippen molar-refractivity contribution < 1.29 is 14.3 Å². The Balaban J connectivity index is 2.97. The first-order valence-electron chi connectivity index (χ1n) is 4.77. The second-order valence-electron chi connectivity index (χ2n) is 3.50. The Morgan fingerprint density at radius 2 is 2.13 bits per heavy atom. The lowest BCUT2D eigenvalue weighted by Gasteiger charge is -2.11. The van der Waals surface area contributed by atoms with Gasteiger partial charge in [-0.15, -0.1) is 0 Å². The number of carbonyl (C=O) groups excluding carboxylic acids is 1. The van der Waals surface area contributed by atoms with Gasteiger partial charge < -0.3 is 9.47 Å². The fourth-order valence-electron chi connectivity index (χ4n) is 1.03. The lowest BCUT2D eigenvalue weighted by atomic mass is 10.2. The van der Waals surface area contributed by atoms with Gasteiger partial charge in [0.1, 0.15) is 0 Å². The highest BCUT2D eigenvalue weighted by Gasteiger charge is 2.15. The van der Waals surface area contributed by atoms with Gasteiger partial charge in [-0.2, -0.15) is 0 Å². The van der Waals surface area contributed by atoms with E-state index in [1.165, 1.54) is 7.11 Å². The maximum absolute atomic E-state index is 11.4. The summed E-state index contributed by atoms with van der Waals surface area (Å²) in [5, 5.41) is 0. The fraction of sp³-hybridized carbons (Fsp3) is 0.455. The van der Waals surface area contributed by atoms with Crippen LogP contribution in [0.4, 0.5) is 0 Å². The summed E-state index contributed by atoms with van der Waals surface area (Å²) in [5.41, 5.74) is 0.642. The molecule has 0 radical (unpaired) electrons. The molecule has 0 N–H and O–H groups in total. The molecule has 0 atom stereocenters. The van der Waals surface area contributed by atoms with Crippen LogP contribution in [0.15, 0.2) is 12.3 Å². The Hall–Kier alpha value is -1.58. The number of ether oxygens (including phenoxy) is 2. The van der Waals surface area contributed by atoms with Crippen molar-refractivity contribution in [3.8, 4) is 11.5 Å². The van der Waals surface area contributed by atoms with Crippen LogP contribution in [-0.4, -0.2) is 18.1 Å². The smallest absolute Gasteiger partial charge is 0.313 e. The molecular formula is C11H15NO3. The molecule has 4 heteroatoms. The number of pyridine rings is 1. The zero-order valence-electron chi connectivity index (χ0n) is 9.40. The molecular weight excluding hydrogens is 194 g/mol. The number of aryl methyl sites for hydroxylation is 1. The van der Waals surface area contributed by atoms with E-state index in [1.807, 2.05) is 0 Å². The Morgan fingerprint density at radius 3 is 2.67 bits per heavy atom. The Bertz CT molecular complexity index is 361. The van der Waals surface area contributed by atoms with Crippen LogP contribution >= 0.6 is 0 Å². The first-order chi connectivity index (χ1) is 7.06. The number of aromatic nitrogens is 1. The first kappa shape index (κ1) is 11.5. The maximum Gasteiger partial charge on any atom is 0.313 e. The Morgan fingerprint density at radius 1 is 1.47 bits per heavy atom. The van der Waals surface area contributed by atoms with Crippen LogP contribution in [0, 0.1) is 12.8 Å². The van der Waals surface area contributed by atoms with E-state index in [0.29, 0.717) is 17.2 Å². The van der Waals surface area contributed by atoms with Gasteiger partial charge in [0, 0.05) is 12.3 Å². The van der Waals surface area contributed by atoms with Crippen LogP contribution in [0.1, 0.15) is 19.5 Å². The average molecular weight is 209 g/mol. The van der Waals surface area contributed by atoms with E-state index in [2.05, 4.69) is 4.98 Å². The zero-order chi connectivity index (χ0) is 11.4. The molecule has 82 valence electrons. The van der Waals surface area contributed by atoms with Crippen LogP contribution < -0.4 is 9.47 Å². The molecule has 0 aliphatic carbocycles. The van der Waals surface area contributed by atoms with Crippen molar-refractivity contribution in [2.75, 3.05) is 7.11 Å². The Kier molecular flexibility index (Phi) is 3.66. The number of nitrogens with zero attached hydrogens (tertiary/aromatic N) is 1. The standard InChI is InChI=1S/C11H15NO3/c1-7(2)11(13)15-10-8(3)12-6-5-9(10)14-4/h5-7H,1-4H3. The molecule has 1 heterocycles. The van der Waals surface area contributed by atoms with Gasteiger partial charge in [0.15, 0.2) is 11.5 Å². The van der Waals surface area contributed by atoms with Crippen molar-refractivity contribution in [3.63, 3.8) is 0 Å². The molecule has 15 heavy (non-hydrogen) atoms.